The molecule has 136 valence electrons. The van der Waals surface area contributed by atoms with Crippen LogP contribution in [0.15, 0.2) is 47.8 Å². The molecule has 3 rings (SSSR count). The average Bonchev–Trinajstić information content (AvgIpc) is 3.16. The molecule has 1 aromatic heterocycles. The van der Waals surface area contributed by atoms with Crippen molar-refractivity contribution in [2.24, 2.45) is 5.10 Å². The predicted octanol–water partition coefficient (Wildman–Crippen LogP) is 1.71. The first-order valence-corrected chi connectivity index (χ1v) is 8.50. The lowest BCUT2D eigenvalue weighted by molar-refractivity contribution is -0.132. The molecule has 8 heteroatoms. The van der Waals surface area contributed by atoms with E-state index < -0.39 is 0 Å². The third-order valence-corrected chi connectivity index (χ3v) is 4.02. The fourth-order valence-corrected chi connectivity index (χ4v) is 2.63. The van der Waals surface area contributed by atoms with Gasteiger partial charge in [-0.05, 0) is 30.2 Å². The van der Waals surface area contributed by atoms with Crippen molar-refractivity contribution in [3.05, 3.63) is 54.1 Å². The lowest BCUT2D eigenvalue weighted by Gasteiger charge is -2.23. The molecular weight excluding hydrogens is 337 g/mol. The molecule has 0 spiro atoms. The smallest absolute Gasteiger partial charge is 0.267 e. The Bertz CT molecular complexity index is 786. The number of hydrazone groups is 1. The minimum atomic E-state index is -0.336. The summed E-state index contributed by atoms with van der Waals surface area (Å²) in [6.45, 7) is 1.44. The standard InChI is InChI=1S/C18H20FN5O2/c19-15-5-3-14(4-6-15)13-24-17(25)8-7-16(22-24)18(26)20-9-1-11-23-12-2-10-21-23/h2-6,10,12H,1,7-9,11,13H2,(H,20,26). The normalized spacial score (nSPS) is 14.3. The van der Waals surface area contributed by atoms with E-state index in [4.69, 9.17) is 0 Å². The van der Waals surface area contributed by atoms with Gasteiger partial charge in [-0.25, -0.2) is 9.40 Å². The highest BCUT2D eigenvalue weighted by molar-refractivity contribution is 6.39. The maximum Gasteiger partial charge on any atom is 0.267 e. The van der Waals surface area contributed by atoms with Gasteiger partial charge < -0.3 is 5.32 Å². The predicted molar refractivity (Wildman–Crippen MR) is 93.5 cm³/mol. The third-order valence-electron chi connectivity index (χ3n) is 4.02. The number of aromatic nitrogens is 2. The van der Waals surface area contributed by atoms with Crippen LogP contribution in [0, 0.1) is 5.82 Å². The van der Waals surface area contributed by atoms with Gasteiger partial charge in [0.2, 0.25) is 5.91 Å². The Morgan fingerprint density at radius 1 is 1.23 bits per heavy atom. The first-order valence-electron chi connectivity index (χ1n) is 8.50. The molecule has 2 aromatic rings. The van der Waals surface area contributed by atoms with Gasteiger partial charge in [0.1, 0.15) is 11.5 Å². The van der Waals surface area contributed by atoms with Crippen LogP contribution in [0.2, 0.25) is 0 Å². The second kappa shape index (κ2) is 8.37. The van der Waals surface area contributed by atoms with Gasteiger partial charge in [-0.2, -0.15) is 10.2 Å². The number of nitrogens with zero attached hydrogens (tertiary/aromatic N) is 4. The zero-order chi connectivity index (χ0) is 18.4. The van der Waals surface area contributed by atoms with E-state index in [0.29, 0.717) is 18.7 Å². The van der Waals surface area contributed by atoms with E-state index in [1.165, 1.54) is 17.1 Å². The monoisotopic (exact) mass is 357 g/mol. The van der Waals surface area contributed by atoms with Crippen LogP contribution in [-0.4, -0.2) is 38.9 Å². The molecular formula is C18H20FN5O2. The van der Waals surface area contributed by atoms with Gasteiger partial charge in [0, 0.05) is 38.3 Å². The lowest BCUT2D eigenvalue weighted by Crippen LogP contribution is -2.39. The van der Waals surface area contributed by atoms with Gasteiger partial charge in [0.15, 0.2) is 0 Å². The Morgan fingerprint density at radius 3 is 2.77 bits per heavy atom. The molecule has 1 aromatic carbocycles. The Hall–Kier alpha value is -3.03. The van der Waals surface area contributed by atoms with Crippen molar-refractivity contribution < 1.29 is 14.0 Å². The summed E-state index contributed by atoms with van der Waals surface area (Å²) in [6, 6.07) is 7.72. The van der Waals surface area contributed by atoms with Crippen LogP contribution in [0.1, 0.15) is 24.8 Å². The van der Waals surface area contributed by atoms with E-state index in [1.54, 1.807) is 23.0 Å². The van der Waals surface area contributed by atoms with E-state index >= 15 is 0 Å². The largest absolute Gasteiger partial charge is 0.351 e. The SMILES string of the molecule is O=C(NCCCn1cccn1)C1=NN(Cc2ccc(F)cc2)C(=O)CC1. The van der Waals surface area contributed by atoms with Crippen LogP contribution < -0.4 is 5.32 Å². The minimum Gasteiger partial charge on any atom is -0.351 e. The summed E-state index contributed by atoms with van der Waals surface area (Å²) in [7, 11) is 0. The average molecular weight is 357 g/mol. The molecule has 0 unspecified atom stereocenters. The number of hydrogen-bond acceptors (Lipinski definition) is 4. The van der Waals surface area contributed by atoms with Gasteiger partial charge in [0.25, 0.3) is 5.91 Å². The highest BCUT2D eigenvalue weighted by Crippen LogP contribution is 2.14. The maximum atomic E-state index is 13.0. The van der Waals surface area contributed by atoms with E-state index in [1.807, 2.05) is 12.3 Å². The molecule has 2 heterocycles. The quantitative estimate of drug-likeness (QED) is 0.766. The Morgan fingerprint density at radius 2 is 2.04 bits per heavy atom. The van der Waals surface area contributed by atoms with Crippen molar-refractivity contribution in [2.75, 3.05) is 6.54 Å². The summed E-state index contributed by atoms with van der Waals surface area (Å²) in [5.41, 5.74) is 1.09. The van der Waals surface area contributed by atoms with Crippen molar-refractivity contribution in [1.29, 1.82) is 0 Å². The van der Waals surface area contributed by atoms with Crippen LogP contribution in [-0.2, 0) is 22.7 Å². The second-order valence-corrected chi connectivity index (χ2v) is 6.00. The molecule has 2 amide bonds. The number of hydrogen-bond donors (Lipinski definition) is 1. The highest BCUT2D eigenvalue weighted by Gasteiger charge is 2.24. The fraction of sp³-hybridized carbons (Fsp3) is 0.333. The molecule has 0 bridgehead atoms. The Balaban J connectivity index is 1.53. The molecule has 1 aliphatic rings. The number of aryl methyl sites for hydroxylation is 1. The van der Waals surface area contributed by atoms with E-state index in [9.17, 15) is 14.0 Å². The summed E-state index contributed by atoms with van der Waals surface area (Å²) >= 11 is 0. The van der Waals surface area contributed by atoms with E-state index in [2.05, 4.69) is 15.5 Å². The Kier molecular flexibility index (Phi) is 5.73. The number of carbonyl (C=O) groups is 2. The van der Waals surface area contributed by atoms with Crippen LogP contribution in [0.25, 0.3) is 0 Å². The molecule has 26 heavy (non-hydrogen) atoms. The van der Waals surface area contributed by atoms with Gasteiger partial charge in [0.05, 0.1) is 6.54 Å². The van der Waals surface area contributed by atoms with Crippen molar-refractivity contribution in [3.63, 3.8) is 0 Å². The molecule has 0 fully saturated rings. The van der Waals surface area contributed by atoms with Crippen LogP contribution in [0.4, 0.5) is 4.39 Å². The van der Waals surface area contributed by atoms with Gasteiger partial charge in [-0.3, -0.25) is 14.3 Å². The number of nitrogens with one attached hydrogen (secondary N) is 1. The zero-order valence-corrected chi connectivity index (χ0v) is 14.3. The van der Waals surface area contributed by atoms with Crippen molar-refractivity contribution in [2.45, 2.75) is 32.4 Å². The van der Waals surface area contributed by atoms with E-state index in [-0.39, 0.29) is 30.6 Å². The molecule has 0 saturated carbocycles. The first kappa shape index (κ1) is 17.8. The van der Waals surface area contributed by atoms with Gasteiger partial charge in [-0.15, -0.1) is 0 Å². The minimum absolute atomic E-state index is 0.149. The molecule has 0 radical (unpaired) electrons. The summed E-state index contributed by atoms with van der Waals surface area (Å²) in [4.78, 5) is 24.3. The van der Waals surface area contributed by atoms with Crippen LogP contribution in [0.3, 0.4) is 0 Å². The fourth-order valence-electron chi connectivity index (χ4n) is 2.63. The summed E-state index contributed by atoms with van der Waals surface area (Å²) in [5.74, 6) is -0.746. The number of benzene rings is 1. The van der Waals surface area contributed by atoms with Crippen LogP contribution in [0.5, 0.6) is 0 Å². The summed E-state index contributed by atoms with van der Waals surface area (Å²) in [6.07, 6.45) is 4.89. The van der Waals surface area contributed by atoms with Crippen molar-refractivity contribution in [3.8, 4) is 0 Å². The third kappa shape index (κ3) is 4.75. The first-order chi connectivity index (χ1) is 12.6. The van der Waals surface area contributed by atoms with Crippen molar-refractivity contribution in [1.82, 2.24) is 20.1 Å². The number of rotatable bonds is 7. The topological polar surface area (TPSA) is 79.6 Å². The number of carbonyl (C=O) groups excluding carboxylic acids is 2. The zero-order valence-electron chi connectivity index (χ0n) is 14.3. The molecule has 1 aliphatic heterocycles. The molecule has 0 aliphatic carbocycles. The molecule has 1 N–H and O–H groups in total. The lowest BCUT2D eigenvalue weighted by atomic mass is 10.1. The van der Waals surface area contributed by atoms with Crippen LogP contribution >= 0.6 is 0 Å². The number of halogens is 1. The summed E-state index contributed by atoms with van der Waals surface area (Å²) in [5, 5.41) is 12.4. The highest BCUT2D eigenvalue weighted by atomic mass is 19.1. The molecule has 0 saturated heterocycles. The number of amides is 2. The second-order valence-electron chi connectivity index (χ2n) is 6.00. The molecule has 7 nitrogen and oxygen atoms in total. The molecule has 0 atom stereocenters. The maximum absolute atomic E-state index is 13.0. The Labute approximate surface area is 150 Å². The van der Waals surface area contributed by atoms with Gasteiger partial charge in [-0.1, -0.05) is 12.1 Å². The van der Waals surface area contributed by atoms with E-state index in [0.717, 1.165) is 18.5 Å². The van der Waals surface area contributed by atoms with Gasteiger partial charge >= 0.3 is 0 Å². The van der Waals surface area contributed by atoms with Crippen molar-refractivity contribution >= 4 is 17.5 Å². The summed E-state index contributed by atoms with van der Waals surface area (Å²) < 4.78 is 14.8.